The minimum Gasteiger partial charge on any atom is -0.478 e. The third kappa shape index (κ3) is 0.976. The second kappa shape index (κ2) is 2.41. The van der Waals surface area contributed by atoms with Gasteiger partial charge in [0.25, 0.3) is 5.88 Å². The van der Waals surface area contributed by atoms with E-state index >= 15 is 0 Å². The van der Waals surface area contributed by atoms with Crippen molar-refractivity contribution in [3.8, 4) is 5.88 Å². The predicted molar refractivity (Wildman–Crippen MR) is 34.2 cm³/mol. The Hall–Kier alpha value is -0.160. The maximum absolute atomic E-state index is 4.77. The molecule has 0 amide bonds. The molecule has 0 N–H and O–H groups in total. The number of rotatable bonds is 1. The Kier molecular flexibility index (Phi) is 1.80. The molecule has 0 bridgehead atoms. The van der Waals surface area contributed by atoms with Crippen LogP contribution in [0.5, 0.6) is 5.88 Å². The van der Waals surface area contributed by atoms with Crippen molar-refractivity contribution in [3.63, 3.8) is 0 Å². The zero-order valence-corrected chi connectivity index (χ0v) is 6.49. The van der Waals surface area contributed by atoms with Crippen molar-refractivity contribution in [2.45, 2.75) is 0 Å². The van der Waals surface area contributed by atoms with Crippen molar-refractivity contribution < 1.29 is 4.74 Å². The van der Waals surface area contributed by atoms with Gasteiger partial charge in [0.05, 0.1) is 18.8 Å². The normalized spacial score (nSPS) is 9.25. The Morgan fingerprint density at radius 3 is 2.62 bits per heavy atom. The fourth-order valence-corrected chi connectivity index (χ4v) is 1.28. The molecule has 5 heteroatoms. The second-order valence-electron chi connectivity index (χ2n) is 1.06. The summed E-state index contributed by atoms with van der Waals surface area (Å²) < 4.78 is 13.1. The van der Waals surface area contributed by atoms with Gasteiger partial charge in [-0.05, 0) is 15.9 Å². The number of hydrogen-bond acceptors (Lipinski definition) is 4. The summed E-state index contributed by atoms with van der Waals surface area (Å²) in [5.41, 5.74) is 0. The SMILES string of the molecule is COc1nsnc1Br. The summed E-state index contributed by atoms with van der Waals surface area (Å²) in [5, 5.41) is 0. The quantitative estimate of drug-likeness (QED) is 0.677. The second-order valence-corrected chi connectivity index (χ2v) is 2.34. The summed E-state index contributed by atoms with van der Waals surface area (Å²) in [4.78, 5) is 0. The average Bonchev–Trinajstić information content (AvgIpc) is 2.14. The van der Waals surface area contributed by atoms with Crippen LogP contribution >= 0.6 is 27.7 Å². The molecule has 0 aliphatic heterocycles. The molecule has 1 heterocycles. The van der Waals surface area contributed by atoms with Gasteiger partial charge in [-0.15, -0.1) is 4.37 Å². The fourth-order valence-electron chi connectivity index (χ4n) is 0.292. The molecular formula is C3H3BrN2OS. The molecule has 0 saturated heterocycles. The Labute approximate surface area is 59.1 Å². The maximum atomic E-state index is 4.77. The smallest absolute Gasteiger partial charge is 0.260 e. The van der Waals surface area contributed by atoms with E-state index in [4.69, 9.17) is 4.74 Å². The lowest BCUT2D eigenvalue weighted by Gasteiger charge is -1.87. The molecule has 1 aromatic rings. The van der Waals surface area contributed by atoms with Gasteiger partial charge in [0.2, 0.25) is 0 Å². The van der Waals surface area contributed by atoms with E-state index in [9.17, 15) is 0 Å². The lowest BCUT2D eigenvalue weighted by Crippen LogP contribution is -1.80. The molecule has 0 aliphatic rings. The van der Waals surface area contributed by atoms with E-state index in [-0.39, 0.29) is 0 Å². The first-order valence-electron chi connectivity index (χ1n) is 1.86. The standard InChI is InChI=1S/C3H3BrN2OS/c1-7-3-2(4)5-8-6-3/h1H3. The minimum absolute atomic E-state index is 0.551. The summed E-state index contributed by atoms with van der Waals surface area (Å²) in [6.45, 7) is 0. The zero-order valence-electron chi connectivity index (χ0n) is 4.09. The van der Waals surface area contributed by atoms with Gasteiger partial charge in [-0.3, -0.25) is 0 Å². The summed E-state index contributed by atoms with van der Waals surface area (Å²) in [5.74, 6) is 0.551. The van der Waals surface area contributed by atoms with Crippen LogP contribution in [0.4, 0.5) is 0 Å². The molecule has 0 aliphatic carbocycles. The van der Waals surface area contributed by atoms with Crippen LogP contribution in [0.2, 0.25) is 0 Å². The van der Waals surface area contributed by atoms with Crippen LogP contribution in [-0.4, -0.2) is 15.9 Å². The first-order chi connectivity index (χ1) is 3.84. The van der Waals surface area contributed by atoms with E-state index in [1.807, 2.05) is 0 Å². The number of aromatic nitrogens is 2. The summed E-state index contributed by atoms with van der Waals surface area (Å²) in [6, 6.07) is 0. The molecule has 0 unspecified atom stereocenters. The molecule has 0 fully saturated rings. The molecule has 0 spiro atoms. The largest absolute Gasteiger partial charge is 0.478 e. The summed E-state index contributed by atoms with van der Waals surface area (Å²) in [6.07, 6.45) is 0. The Balaban J connectivity index is 2.92. The number of methoxy groups -OCH3 is 1. The highest BCUT2D eigenvalue weighted by Crippen LogP contribution is 2.19. The van der Waals surface area contributed by atoms with Gasteiger partial charge in [0.1, 0.15) is 0 Å². The van der Waals surface area contributed by atoms with Crippen molar-refractivity contribution in [2.24, 2.45) is 0 Å². The van der Waals surface area contributed by atoms with Gasteiger partial charge in [-0.2, -0.15) is 4.37 Å². The highest BCUT2D eigenvalue weighted by atomic mass is 79.9. The first-order valence-corrected chi connectivity index (χ1v) is 3.39. The van der Waals surface area contributed by atoms with Gasteiger partial charge in [-0.25, -0.2) is 0 Å². The molecule has 1 aromatic heterocycles. The van der Waals surface area contributed by atoms with Gasteiger partial charge in [-0.1, -0.05) is 0 Å². The monoisotopic (exact) mass is 194 g/mol. The van der Waals surface area contributed by atoms with E-state index in [0.717, 1.165) is 11.7 Å². The lowest BCUT2D eigenvalue weighted by molar-refractivity contribution is 0.399. The molecule has 8 heavy (non-hydrogen) atoms. The van der Waals surface area contributed by atoms with E-state index in [0.29, 0.717) is 10.5 Å². The summed E-state index contributed by atoms with van der Waals surface area (Å²) in [7, 11) is 1.56. The number of halogens is 1. The zero-order chi connectivity index (χ0) is 5.98. The van der Waals surface area contributed by atoms with E-state index < -0.39 is 0 Å². The summed E-state index contributed by atoms with van der Waals surface area (Å²) >= 11 is 4.26. The molecule has 1 rings (SSSR count). The highest BCUT2D eigenvalue weighted by molar-refractivity contribution is 9.10. The van der Waals surface area contributed by atoms with Gasteiger partial charge in [0, 0.05) is 0 Å². The van der Waals surface area contributed by atoms with Crippen LogP contribution in [0.1, 0.15) is 0 Å². The molecule has 0 aromatic carbocycles. The van der Waals surface area contributed by atoms with E-state index in [1.165, 1.54) is 0 Å². The molecule has 0 saturated carbocycles. The average molecular weight is 195 g/mol. The third-order valence-corrected chi connectivity index (χ3v) is 1.88. The van der Waals surface area contributed by atoms with Crippen LogP contribution < -0.4 is 4.74 Å². The third-order valence-electron chi connectivity index (χ3n) is 0.615. The number of ether oxygens (including phenoxy) is 1. The van der Waals surface area contributed by atoms with Crippen LogP contribution in [0, 0.1) is 0 Å². The molecule has 44 valence electrons. The van der Waals surface area contributed by atoms with Gasteiger partial charge < -0.3 is 4.74 Å². The van der Waals surface area contributed by atoms with Crippen molar-refractivity contribution >= 4 is 27.7 Å². The Morgan fingerprint density at radius 2 is 2.38 bits per heavy atom. The van der Waals surface area contributed by atoms with Crippen molar-refractivity contribution in [3.05, 3.63) is 4.60 Å². The van der Waals surface area contributed by atoms with Gasteiger partial charge in [0.15, 0.2) is 4.60 Å². The van der Waals surface area contributed by atoms with Gasteiger partial charge >= 0.3 is 0 Å². The van der Waals surface area contributed by atoms with Crippen LogP contribution in [0.15, 0.2) is 4.60 Å². The maximum Gasteiger partial charge on any atom is 0.260 e. The van der Waals surface area contributed by atoms with Crippen molar-refractivity contribution in [1.82, 2.24) is 8.75 Å². The Bertz CT molecular complexity index is 178. The number of hydrogen-bond donors (Lipinski definition) is 0. The molecule has 0 radical (unpaired) electrons. The van der Waals surface area contributed by atoms with E-state index in [2.05, 4.69) is 24.7 Å². The molecule has 3 nitrogen and oxygen atoms in total. The van der Waals surface area contributed by atoms with Crippen LogP contribution in [-0.2, 0) is 0 Å². The minimum atomic E-state index is 0.551. The fraction of sp³-hybridized carbons (Fsp3) is 0.333. The van der Waals surface area contributed by atoms with Crippen molar-refractivity contribution in [2.75, 3.05) is 7.11 Å². The lowest BCUT2D eigenvalue weighted by atomic mass is 10.9. The number of nitrogens with zero attached hydrogens (tertiary/aromatic N) is 2. The van der Waals surface area contributed by atoms with Crippen LogP contribution in [0.25, 0.3) is 0 Å². The molecule has 0 atom stereocenters. The van der Waals surface area contributed by atoms with Crippen molar-refractivity contribution in [1.29, 1.82) is 0 Å². The molecular weight excluding hydrogens is 192 g/mol. The van der Waals surface area contributed by atoms with E-state index in [1.54, 1.807) is 7.11 Å². The highest BCUT2D eigenvalue weighted by Gasteiger charge is 2.00. The topological polar surface area (TPSA) is 35.0 Å². The predicted octanol–water partition coefficient (Wildman–Crippen LogP) is 1.31. The van der Waals surface area contributed by atoms with Crippen LogP contribution in [0.3, 0.4) is 0 Å². The Morgan fingerprint density at radius 1 is 1.62 bits per heavy atom. The first kappa shape index (κ1) is 5.97.